The average Bonchev–Trinajstić information content (AvgIpc) is 3.09. The Balaban J connectivity index is 1.67. The van der Waals surface area contributed by atoms with Crippen molar-refractivity contribution < 1.29 is 28.5 Å². The molecule has 28 heavy (non-hydrogen) atoms. The molecule has 1 aromatic carbocycles. The van der Waals surface area contributed by atoms with Gasteiger partial charge in [-0.1, -0.05) is 0 Å². The predicted octanol–water partition coefficient (Wildman–Crippen LogP) is 3.05. The quantitative estimate of drug-likeness (QED) is 0.798. The van der Waals surface area contributed by atoms with Crippen LogP contribution >= 0.6 is 0 Å². The highest BCUT2D eigenvalue weighted by atomic mass is 16.7. The first-order valence-electron chi connectivity index (χ1n) is 10.4. The number of methoxy groups -OCH3 is 1. The number of aliphatic hydroxyl groups excluding tert-OH is 1. The average molecular weight is 393 g/mol. The number of quaternary nitrogens is 1. The molecule has 0 aliphatic carbocycles. The number of fused-ring (bicyclic) bond motifs is 2. The van der Waals surface area contributed by atoms with Crippen molar-refractivity contribution in [2.24, 2.45) is 5.92 Å². The molecule has 0 aromatic heterocycles. The van der Waals surface area contributed by atoms with Gasteiger partial charge in [0.2, 0.25) is 12.5 Å². The minimum absolute atomic E-state index is 0.147. The summed E-state index contributed by atoms with van der Waals surface area (Å²) < 4.78 is 23.8. The van der Waals surface area contributed by atoms with Gasteiger partial charge in [-0.3, -0.25) is 0 Å². The molecule has 0 bridgehead atoms. The largest absolute Gasteiger partial charge is 0.492 e. The van der Waals surface area contributed by atoms with E-state index in [4.69, 9.17) is 18.9 Å². The van der Waals surface area contributed by atoms with Crippen LogP contribution in [0.5, 0.6) is 17.2 Å². The van der Waals surface area contributed by atoms with Crippen molar-refractivity contribution in [2.45, 2.75) is 57.3 Å². The van der Waals surface area contributed by atoms with E-state index in [1.54, 1.807) is 7.11 Å². The minimum Gasteiger partial charge on any atom is -0.492 e. The van der Waals surface area contributed by atoms with Gasteiger partial charge in [-0.25, -0.2) is 0 Å². The van der Waals surface area contributed by atoms with Crippen LogP contribution in [-0.4, -0.2) is 62.4 Å². The van der Waals surface area contributed by atoms with Crippen molar-refractivity contribution in [2.75, 3.05) is 41.1 Å². The van der Waals surface area contributed by atoms with Crippen molar-refractivity contribution in [3.63, 3.8) is 0 Å². The monoisotopic (exact) mass is 392 g/mol. The number of aliphatic hydroxyl groups is 1. The van der Waals surface area contributed by atoms with E-state index in [9.17, 15) is 5.11 Å². The molecule has 0 spiro atoms. The first-order valence-corrected chi connectivity index (χ1v) is 10.4. The summed E-state index contributed by atoms with van der Waals surface area (Å²) in [5.74, 6) is 2.51. The second-order valence-corrected chi connectivity index (χ2v) is 9.65. The van der Waals surface area contributed by atoms with E-state index in [1.807, 2.05) is 0 Å². The van der Waals surface area contributed by atoms with Crippen molar-refractivity contribution in [3.8, 4) is 17.2 Å². The molecule has 0 radical (unpaired) electrons. The summed E-state index contributed by atoms with van der Waals surface area (Å²) in [4.78, 5) is 0. The molecular formula is C22H34NO5+. The second kappa shape index (κ2) is 7.08. The van der Waals surface area contributed by atoms with Gasteiger partial charge >= 0.3 is 0 Å². The number of likely N-dealkylation sites (N-methyl/N-ethyl adjacent to an activating group) is 1. The molecule has 0 unspecified atom stereocenters. The van der Waals surface area contributed by atoms with Crippen molar-refractivity contribution in [1.82, 2.24) is 0 Å². The molecule has 6 heteroatoms. The maximum Gasteiger partial charge on any atom is 0.231 e. The summed E-state index contributed by atoms with van der Waals surface area (Å²) in [6.07, 6.45) is 3.10. The fourth-order valence-corrected chi connectivity index (χ4v) is 5.20. The molecule has 156 valence electrons. The van der Waals surface area contributed by atoms with Crippen LogP contribution in [0, 0.1) is 5.92 Å². The van der Waals surface area contributed by atoms with Crippen LogP contribution in [0.2, 0.25) is 0 Å². The normalized spacial score (nSPS) is 28.5. The summed E-state index contributed by atoms with van der Waals surface area (Å²) >= 11 is 0. The fraction of sp³-hybridized carbons (Fsp3) is 0.727. The van der Waals surface area contributed by atoms with E-state index in [-0.39, 0.29) is 30.5 Å². The van der Waals surface area contributed by atoms with Crippen LogP contribution < -0.4 is 14.2 Å². The van der Waals surface area contributed by atoms with Crippen molar-refractivity contribution in [3.05, 3.63) is 17.2 Å². The first-order chi connectivity index (χ1) is 13.2. The molecule has 4 rings (SSSR count). The van der Waals surface area contributed by atoms with Crippen molar-refractivity contribution >= 4 is 0 Å². The van der Waals surface area contributed by atoms with E-state index >= 15 is 0 Å². The Morgan fingerprint density at radius 3 is 2.82 bits per heavy atom. The number of hydrogen-bond acceptors (Lipinski definition) is 5. The molecule has 1 aromatic rings. The molecule has 1 saturated heterocycles. The van der Waals surface area contributed by atoms with Crippen LogP contribution in [0.4, 0.5) is 0 Å². The summed E-state index contributed by atoms with van der Waals surface area (Å²) in [5.41, 5.74) is 2.26. The highest BCUT2D eigenvalue weighted by molar-refractivity contribution is 5.61. The van der Waals surface area contributed by atoms with Crippen LogP contribution in [0.1, 0.15) is 50.3 Å². The molecule has 3 atom stereocenters. The molecule has 3 heterocycles. The zero-order valence-corrected chi connectivity index (χ0v) is 17.8. The van der Waals surface area contributed by atoms with Gasteiger partial charge in [-0.15, -0.1) is 0 Å². The standard InChI is InChI=1S/C22H34NO5/c1-22(2)12-15(7-9-28-22)17(24)11-16-19-14(6-8-23(16,3)4)10-18-20(21(19)25-5)27-13-26-18/h10,15-17,24H,6-9,11-13H2,1-5H3/q+1/t15-,16+,17-/m1/s1. The van der Waals surface area contributed by atoms with E-state index in [0.29, 0.717) is 12.2 Å². The lowest BCUT2D eigenvalue weighted by molar-refractivity contribution is -0.924. The maximum absolute atomic E-state index is 11.2. The van der Waals surface area contributed by atoms with Crippen LogP contribution in [-0.2, 0) is 11.2 Å². The highest BCUT2D eigenvalue weighted by Crippen LogP contribution is 2.52. The molecule has 6 nitrogen and oxygen atoms in total. The number of hydrogen-bond donors (Lipinski definition) is 1. The molecule has 1 N–H and O–H groups in total. The summed E-state index contributed by atoms with van der Waals surface area (Å²) in [6, 6.07) is 2.25. The Morgan fingerprint density at radius 2 is 2.11 bits per heavy atom. The number of ether oxygens (including phenoxy) is 4. The molecule has 0 amide bonds. The van der Waals surface area contributed by atoms with Crippen molar-refractivity contribution in [1.29, 1.82) is 0 Å². The van der Waals surface area contributed by atoms with Gasteiger partial charge in [0.05, 0.1) is 45.0 Å². The van der Waals surface area contributed by atoms with Gasteiger partial charge in [0, 0.05) is 19.4 Å². The van der Waals surface area contributed by atoms with Gasteiger partial charge in [-0.05, 0) is 44.2 Å². The predicted molar refractivity (Wildman–Crippen MR) is 106 cm³/mol. The maximum atomic E-state index is 11.2. The van der Waals surface area contributed by atoms with Gasteiger partial charge in [0.1, 0.15) is 6.04 Å². The Kier molecular flexibility index (Phi) is 5.01. The lowest BCUT2D eigenvalue weighted by Crippen LogP contribution is -2.50. The SMILES string of the molecule is COc1c2c(cc3c1[C@H](C[C@@H](O)[C@@H]1CCOC(C)(C)C1)[N+](C)(C)CC3)OCO2. The third-order valence-electron chi connectivity index (χ3n) is 6.83. The summed E-state index contributed by atoms with van der Waals surface area (Å²) in [7, 11) is 6.19. The Labute approximate surface area is 167 Å². The molecule has 3 aliphatic heterocycles. The first kappa shape index (κ1) is 19.8. The second-order valence-electron chi connectivity index (χ2n) is 9.65. The fourth-order valence-electron chi connectivity index (χ4n) is 5.20. The molecule has 0 saturated carbocycles. The molecular weight excluding hydrogens is 358 g/mol. The van der Waals surface area contributed by atoms with Gasteiger partial charge in [0.25, 0.3) is 0 Å². The van der Waals surface area contributed by atoms with Gasteiger partial charge in [0.15, 0.2) is 11.5 Å². The summed E-state index contributed by atoms with van der Waals surface area (Å²) in [6.45, 7) is 6.21. The number of nitrogens with zero attached hydrogens (tertiary/aromatic N) is 1. The zero-order chi connectivity index (χ0) is 20.1. The Morgan fingerprint density at radius 1 is 1.32 bits per heavy atom. The number of benzene rings is 1. The van der Waals surface area contributed by atoms with Crippen LogP contribution in [0.3, 0.4) is 0 Å². The lowest BCUT2D eigenvalue weighted by atomic mass is 9.79. The molecule has 3 aliphatic rings. The highest BCUT2D eigenvalue weighted by Gasteiger charge is 2.44. The number of rotatable bonds is 4. The van der Waals surface area contributed by atoms with E-state index in [1.165, 1.54) is 11.1 Å². The van der Waals surface area contributed by atoms with Gasteiger partial charge in [-0.2, -0.15) is 0 Å². The third-order valence-corrected chi connectivity index (χ3v) is 6.83. The van der Waals surface area contributed by atoms with Gasteiger partial charge < -0.3 is 28.5 Å². The van der Waals surface area contributed by atoms with E-state index in [2.05, 4.69) is 34.0 Å². The lowest BCUT2D eigenvalue weighted by Gasteiger charge is -2.45. The Bertz CT molecular complexity index is 745. The topological polar surface area (TPSA) is 57.2 Å². The summed E-state index contributed by atoms with van der Waals surface area (Å²) in [5, 5.41) is 11.2. The zero-order valence-electron chi connectivity index (χ0n) is 17.8. The van der Waals surface area contributed by atoms with E-state index in [0.717, 1.165) is 48.4 Å². The van der Waals surface area contributed by atoms with E-state index < -0.39 is 0 Å². The minimum atomic E-state index is -0.369. The molecule has 1 fully saturated rings. The van der Waals surface area contributed by atoms with Crippen LogP contribution in [0.25, 0.3) is 0 Å². The third kappa shape index (κ3) is 3.46. The van der Waals surface area contributed by atoms with Crippen LogP contribution in [0.15, 0.2) is 6.07 Å². The Hall–Kier alpha value is -1.50. The smallest absolute Gasteiger partial charge is 0.231 e.